The van der Waals surface area contributed by atoms with Gasteiger partial charge in [-0.25, -0.2) is 18.4 Å². The van der Waals surface area contributed by atoms with Gasteiger partial charge < -0.3 is 9.88 Å². The molecule has 0 radical (unpaired) electrons. The van der Waals surface area contributed by atoms with Crippen molar-refractivity contribution in [1.82, 2.24) is 28.6 Å². The smallest absolute Gasteiger partial charge is 0.347 e. The third-order valence-corrected chi connectivity index (χ3v) is 7.69. The Balaban J connectivity index is 1.29. The lowest BCUT2D eigenvalue weighted by molar-refractivity contribution is -0.141. The summed E-state index contributed by atoms with van der Waals surface area (Å²) in [7, 11) is -5.48. The maximum atomic E-state index is 13.5. The number of pyridine rings is 1. The van der Waals surface area contributed by atoms with Crippen LogP contribution < -0.4 is 5.32 Å². The van der Waals surface area contributed by atoms with Gasteiger partial charge in [-0.2, -0.15) is 30.6 Å². The van der Waals surface area contributed by atoms with Crippen LogP contribution in [-0.4, -0.2) is 49.6 Å². The van der Waals surface area contributed by atoms with Gasteiger partial charge in [0.2, 0.25) is 0 Å². The molecule has 0 aliphatic carbocycles. The second kappa shape index (κ2) is 9.37. The summed E-state index contributed by atoms with van der Waals surface area (Å²) >= 11 is 0. The van der Waals surface area contributed by atoms with E-state index < -0.39 is 45.5 Å². The van der Waals surface area contributed by atoms with Crippen LogP contribution in [0.4, 0.5) is 26.3 Å². The molecule has 1 aliphatic heterocycles. The van der Waals surface area contributed by atoms with Gasteiger partial charge in [0.1, 0.15) is 17.2 Å². The minimum absolute atomic E-state index is 0.00898. The summed E-state index contributed by atoms with van der Waals surface area (Å²) in [4.78, 5) is 20.5. The van der Waals surface area contributed by atoms with Crippen LogP contribution in [0.2, 0.25) is 0 Å². The number of imidazole rings is 2. The molecule has 1 aromatic carbocycles. The largest absolute Gasteiger partial charge is 0.511 e. The topological polar surface area (TPSA) is 102 Å². The maximum Gasteiger partial charge on any atom is 0.511 e. The van der Waals surface area contributed by atoms with Crippen molar-refractivity contribution in [2.45, 2.75) is 31.3 Å². The van der Waals surface area contributed by atoms with Crippen LogP contribution in [0, 0.1) is 0 Å². The molecule has 16 heteroatoms. The average molecular weight is 572 g/mol. The van der Waals surface area contributed by atoms with Crippen molar-refractivity contribution in [2.75, 3.05) is 6.54 Å². The highest BCUT2D eigenvalue weighted by molar-refractivity contribution is 7.89. The number of aromatic nitrogens is 4. The minimum Gasteiger partial charge on any atom is -0.347 e. The fourth-order valence-electron chi connectivity index (χ4n) is 4.19. The van der Waals surface area contributed by atoms with Crippen molar-refractivity contribution < 1.29 is 39.6 Å². The molecule has 0 spiro atoms. The van der Waals surface area contributed by atoms with E-state index in [0.29, 0.717) is 21.1 Å². The van der Waals surface area contributed by atoms with Crippen LogP contribution in [0.1, 0.15) is 27.6 Å². The van der Waals surface area contributed by atoms with E-state index in [4.69, 9.17) is 0 Å². The second-order valence-electron chi connectivity index (χ2n) is 8.64. The molecule has 0 saturated carbocycles. The van der Waals surface area contributed by atoms with Gasteiger partial charge in [-0.1, -0.05) is 30.3 Å². The number of carbonyl (C=O) groups is 1. The Hall–Kier alpha value is -3.92. The molecule has 5 rings (SSSR count). The van der Waals surface area contributed by atoms with Gasteiger partial charge in [-0.3, -0.25) is 9.20 Å². The molecule has 3 aromatic heterocycles. The molecule has 4 aromatic rings. The standard InChI is InChI=1S/C23H18F6N6O3S/c24-22(25,26)20-19(35-8-2-1-3-17(35)32-20)21(36)30-11-14-4-6-15(7-5-14)16-12-33-9-10-34(13-18(33)31-16)39(37,38)23(27,28)29/h1-8,12H,9-11,13H2,(H,30,36). The van der Waals surface area contributed by atoms with E-state index in [1.54, 1.807) is 35.0 Å². The van der Waals surface area contributed by atoms with Crippen molar-refractivity contribution in [2.24, 2.45) is 0 Å². The molecule has 1 aliphatic rings. The molecule has 206 valence electrons. The van der Waals surface area contributed by atoms with Gasteiger partial charge in [0.05, 0.1) is 12.2 Å². The van der Waals surface area contributed by atoms with Crippen LogP contribution in [0.15, 0.2) is 54.9 Å². The van der Waals surface area contributed by atoms with Gasteiger partial charge in [0.25, 0.3) is 5.91 Å². The number of nitrogens with one attached hydrogen (secondary N) is 1. The molecule has 0 fully saturated rings. The first-order valence-corrected chi connectivity index (χ1v) is 12.7. The molecule has 0 bridgehead atoms. The van der Waals surface area contributed by atoms with Gasteiger partial charge in [0.15, 0.2) is 5.69 Å². The molecule has 1 N–H and O–H groups in total. The van der Waals surface area contributed by atoms with Gasteiger partial charge in [-0.15, -0.1) is 0 Å². The van der Waals surface area contributed by atoms with Crippen molar-refractivity contribution in [3.05, 3.63) is 77.6 Å². The zero-order chi connectivity index (χ0) is 28.2. The number of hydrogen-bond donors (Lipinski definition) is 1. The average Bonchev–Trinajstić information content (AvgIpc) is 3.48. The number of rotatable bonds is 5. The number of nitrogens with zero attached hydrogens (tertiary/aromatic N) is 5. The zero-order valence-corrected chi connectivity index (χ0v) is 20.5. The number of hydrogen-bond acceptors (Lipinski definition) is 5. The number of amides is 1. The normalized spacial score (nSPS) is 14.9. The molecule has 0 unspecified atom stereocenters. The van der Waals surface area contributed by atoms with E-state index in [-0.39, 0.29) is 31.1 Å². The quantitative estimate of drug-likeness (QED) is 0.367. The number of benzene rings is 1. The maximum absolute atomic E-state index is 13.5. The lowest BCUT2D eigenvalue weighted by atomic mass is 10.1. The molecule has 1 amide bonds. The predicted octanol–water partition coefficient (Wildman–Crippen LogP) is 3.81. The molecule has 4 heterocycles. The van der Waals surface area contributed by atoms with Crippen molar-refractivity contribution >= 4 is 21.6 Å². The highest BCUT2D eigenvalue weighted by Gasteiger charge is 2.50. The third-order valence-electron chi connectivity index (χ3n) is 6.12. The number of alkyl halides is 6. The first-order valence-electron chi connectivity index (χ1n) is 11.3. The third kappa shape index (κ3) is 4.96. The molecular formula is C23H18F6N6O3S. The molecule has 0 saturated heterocycles. The SMILES string of the molecule is O=C(NCc1ccc(-c2cn3c(n2)CN(S(=O)(=O)C(F)(F)F)CC3)cc1)c1c(C(F)(F)F)nc2ccccn12. The summed E-state index contributed by atoms with van der Waals surface area (Å²) in [5.74, 6) is -0.820. The molecule has 9 nitrogen and oxygen atoms in total. The molecule has 0 atom stereocenters. The summed E-state index contributed by atoms with van der Waals surface area (Å²) in [6.07, 6.45) is -1.94. The summed E-state index contributed by atoms with van der Waals surface area (Å²) in [6, 6.07) is 10.8. The Labute approximate surface area is 216 Å². The minimum atomic E-state index is -5.48. The Morgan fingerprint density at radius 1 is 0.974 bits per heavy atom. The first kappa shape index (κ1) is 26.7. The van der Waals surface area contributed by atoms with E-state index in [0.717, 1.165) is 4.40 Å². The Morgan fingerprint density at radius 2 is 1.69 bits per heavy atom. The van der Waals surface area contributed by atoms with Crippen LogP contribution in [-0.2, 0) is 35.8 Å². The predicted molar refractivity (Wildman–Crippen MR) is 124 cm³/mol. The van der Waals surface area contributed by atoms with E-state index in [9.17, 15) is 39.6 Å². The highest BCUT2D eigenvalue weighted by Crippen LogP contribution is 2.32. The summed E-state index contributed by atoms with van der Waals surface area (Å²) in [5, 5.41) is 2.46. The molecular weight excluding hydrogens is 554 g/mol. The van der Waals surface area contributed by atoms with Crippen molar-refractivity contribution in [1.29, 1.82) is 0 Å². The monoisotopic (exact) mass is 572 g/mol. The Bertz CT molecular complexity index is 1660. The van der Waals surface area contributed by atoms with E-state index in [1.807, 2.05) is 0 Å². The Morgan fingerprint density at radius 3 is 2.36 bits per heavy atom. The van der Waals surface area contributed by atoms with E-state index >= 15 is 0 Å². The van der Waals surface area contributed by atoms with Crippen LogP contribution in [0.25, 0.3) is 16.9 Å². The molecule has 39 heavy (non-hydrogen) atoms. The lowest BCUT2D eigenvalue weighted by Crippen LogP contribution is -2.44. The van der Waals surface area contributed by atoms with E-state index in [1.165, 1.54) is 24.4 Å². The summed E-state index contributed by atoms with van der Waals surface area (Å²) < 4.78 is 106. The lowest BCUT2D eigenvalue weighted by Gasteiger charge is -2.27. The van der Waals surface area contributed by atoms with Crippen LogP contribution in [0.5, 0.6) is 0 Å². The number of carbonyl (C=O) groups excluding carboxylic acids is 1. The van der Waals surface area contributed by atoms with Crippen LogP contribution in [0.3, 0.4) is 0 Å². The van der Waals surface area contributed by atoms with Crippen molar-refractivity contribution in [3.63, 3.8) is 0 Å². The highest BCUT2D eigenvalue weighted by atomic mass is 32.2. The summed E-state index contributed by atoms with van der Waals surface area (Å²) in [6.45, 7) is -0.994. The number of fused-ring (bicyclic) bond motifs is 2. The van der Waals surface area contributed by atoms with Gasteiger partial charge >= 0.3 is 21.7 Å². The first-order chi connectivity index (χ1) is 18.3. The van der Waals surface area contributed by atoms with Crippen molar-refractivity contribution in [3.8, 4) is 11.3 Å². The van der Waals surface area contributed by atoms with Gasteiger partial charge in [0, 0.05) is 37.6 Å². The number of sulfonamides is 1. The van der Waals surface area contributed by atoms with Crippen LogP contribution >= 0.6 is 0 Å². The number of halogens is 6. The zero-order valence-electron chi connectivity index (χ0n) is 19.7. The van der Waals surface area contributed by atoms with E-state index in [2.05, 4.69) is 15.3 Å². The van der Waals surface area contributed by atoms with Gasteiger partial charge in [-0.05, 0) is 17.7 Å². The Kier molecular flexibility index (Phi) is 6.41. The summed E-state index contributed by atoms with van der Waals surface area (Å²) in [5.41, 5.74) is -5.85. The second-order valence-corrected chi connectivity index (χ2v) is 10.6. The fraction of sp³-hybridized carbons (Fsp3) is 0.261. The fourth-order valence-corrected chi connectivity index (χ4v) is 5.09.